The lowest BCUT2D eigenvalue weighted by molar-refractivity contribution is -0.151. The van der Waals surface area contributed by atoms with Gasteiger partial charge in [-0.2, -0.15) is 0 Å². The van der Waals surface area contributed by atoms with Gasteiger partial charge in [-0.25, -0.2) is 0 Å². The fourth-order valence-electron chi connectivity index (χ4n) is 5.95. The van der Waals surface area contributed by atoms with Crippen molar-refractivity contribution in [2.24, 2.45) is 5.92 Å². The number of hydrogen-bond donors (Lipinski definition) is 2. The summed E-state index contributed by atoms with van der Waals surface area (Å²) < 4.78 is 29.8. The number of rotatable bonds is 12. The lowest BCUT2D eigenvalue weighted by Crippen LogP contribution is -2.51. The van der Waals surface area contributed by atoms with Crippen LogP contribution in [0.15, 0.2) is 109 Å². The lowest BCUT2D eigenvalue weighted by Gasteiger charge is -2.39. The van der Waals surface area contributed by atoms with Gasteiger partial charge in [-0.3, -0.25) is 0 Å². The van der Waals surface area contributed by atoms with Gasteiger partial charge in [0.15, 0.2) is 6.29 Å². The van der Waals surface area contributed by atoms with Gasteiger partial charge in [0.25, 0.3) is 0 Å². The van der Waals surface area contributed by atoms with Gasteiger partial charge in [0, 0.05) is 13.5 Å². The molecule has 4 atom stereocenters. The van der Waals surface area contributed by atoms with E-state index in [9.17, 15) is 10.2 Å². The van der Waals surface area contributed by atoms with E-state index in [0.29, 0.717) is 0 Å². The van der Waals surface area contributed by atoms with E-state index in [1.165, 1.54) is 7.11 Å². The van der Waals surface area contributed by atoms with E-state index in [0.717, 1.165) is 33.8 Å². The highest BCUT2D eigenvalue weighted by molar-refractivity contribution is 5.49. The number of benzene rings is 4. The van der Waals surface area contributed by atoms with Crippen molar-refractivity contribution in [1.29, 1.82) is 0 Å². The molecule has 2 N–H and O–H groups in total. The maximum atomic E-state index is 12.2. The van der Waals surface area contributed by atoms with Crippen LogP contribution in [0.1, 0.15) is 22.3 Å². The molecule has 1 aliphatic heterocycles. The molecule has 4 aromatic rings. The van der Waals surface area contributed by atoms with Gasteiger partial charge in [0.2, 0.25) is 0 Å². The Hall–Kier alpha value is -3.72. The van der Waals surface area contributed by atoms with Crippen LogP contribution < -0.4 is 9.47 Å². The number of aliphatic hydroxyl groups is 2. The van der Waals surface area contributed by atoms with Gasteiger partial charge in [-0.15, -0.1) is 0 Å². The van der Waals surface area contributed by atoms with Crippen molar-refractivity contribution in [2.45, 2.75) is 30.0 Å². The maximum absolute atomic E-state index is 12.2. The minimum absolute atomic E-state index is 0.0608. The smallest absolute Gasteiger partial charge is 0.165 e. The van der Waals surface area contributed by atoms with Crippen molar-refractivity contribution >= 4 is 0 Å². The van der Waals surface area contributed by atoms with E-state index < -0.39 is 29.5 Å². The molecule has 0 aromatic heterocycles. The van der Waals surface area contributed by atoms with Crippen LogP contribution in [0, 0.1) is 5.92 Å². The second-order valence-corrected chi connectivity index (χ2v) is 10.5. The van der Waals surface area contributed by atoms with Crippen LogP contribution in [0.25, 0.3) is 0 Å². The number of aliphatic hydroxyl groups excluding tert-OH is 1. The normalized spacial score (nSPS) is 22.2. The van der Waals surface area contributed by atoms with E-state index in [2.05, 4.69) is 0 Å². The summed E-state index contributed by atoms with van der Waals surface area (Å²) >= 11 is 0. The zero-order valence-electron chi connectivity index (χ0n) is 24.2. The molecule has 5 rings (SSSR count). The Morgan fingerprint density at radius 3 is 1.69 bits per heavy atom. The molecule has 0 radical (unpaired) electrons. The van der Waals surface area contributed by atoms with Crippen molar-refractivity contribution in [3.05, 3.63) is 131 Å². The molecule has 1 fully saturated rings. The van der Waals surface area contributed by atoms with Crippen LogP contribution >= 0.6 is 0 Å². The Bertz CT molecular complexity index is 1350. The Kier molecular flexibility index (Phi) is 9.26. The maximum Gasteiger partial charge on any atom is 0.165 e. The van der Waals surface area contributed by atoms with E-state index in [4.69, 9.17) is 23.7 Å². The number of ether oxygens (including phenoxy) is 5. The van der Waals surface area contributed by atoms with Crippen molar-refractivity contribution in [3.63, 3.8) is 0 Å². The zero-order valence-corrected chi connectivity index (χ0v) is 24.2. The van der Waals surface area contributed by atoms with Gasteiger partial charge in [0.1, 0.15) is 28.8 Å². The van der Waals surface area contributed by atoms with Crippen LogP contribution in [0.2, 0.25) is 0 Å². The second-order valence-electron chi connectivity index (χ2n) is 10.5. The molecule has 7 heteroatoms. The van der Waals surface area contributed by atoms with Crippen molar-refractivity contribution in [1.82, 2.24) is 0 Å². The molecule has 0 amide bonds. The molecule has 1 saturated heterocycles. The SMILES string of the molecule is COc1ccc(C(OC[C@@H]2[C@@H](OC)O[C@H](CO)[C@]2(O)Cc2ccccc2)(c2ccccc2)c2ccc(OC)cc2)cc1. The summed E-state index contributed by atoms with van der Waals surface area (Å²) in [7, 11) is 4.81. The van der Waals surface area contributed by atoms with E-state index in [1.54, 1.807) is 14.2 Å². The first-order chi connectivity index (χ1) is 20.5. The first-order valence-electron chi connectivity index (χ1n) is 14.0. The largest absolute Gasteiger partial charge is 0.497 e. The van der Waals surface area contributed by atoms with Gasteiger partial charge in [-0.1, -0.05) is 84.9 Å². The van der Waals surface area contributed by atoms with Gasteiger partial charge >= 0.3 is 0 Å². The molecular weight excluding hydrogens is 532 g/mol. The number of methoxy groups -OCH3 is 3. The van der Waals surface area contributed by atoms with E-state index in [-0.39, 0.29) is 19.6 Å². The second kappa shape index (κ2) is 13.1. The van der Waals surface area contributed by atoms with Crippen LogP contribution in [0.5, 0.6) is 11.5 Å². The predicted molar refractivity (Wildman–Crippen MR) is 160 cm³/mol. The molecule has 0 spiro atoms. The highest BCUT2D eigenvalue weighted by Gasteiger charge is 2.56. The molecule has 220 valence electrons. The molecule has 0 saturated carbocycles. The molecule has 7 nitrogen and oxygen atoms in total. The summed E-state index contributed by atoms with van der Waals surface area (Å²) in [5.74, 6) is 0.823. The van der Waals surface area contributed by atoms with Crippen LogP contribution in [0.4, 0.5) is 0 Å². The standard InChI is InChI=1S/C35H38O7/c1-38-29-18-14-27(15-19-29)35(26-12-8-5-9-13-26,28-16-20-30(39-2)21-17-28)41-24-31-33(40-3)42-32(23-36)34(31,37)22-25-10-6-4-7-11-25/h4-21,31-33,36-37H,22-24H2,1-3H3/t31-,32-,33+,34+/m1/s1. The minimum Gasteiger partial charge on any atom is -0.497 e. The molecule has 42 heavy (non-hydrogen) atoms. The van der Waals surface area contributed by atoms with Crippen LogP contribution in [-0.4, -0.2) is 62.8 Å². The van der Waals surface area contributed by atoms with Crippen LogP contribution in [0.3, 0.4) is 0 Å². The third-order valence-corrected chi connectivity index (χ3v) is 8.21. The molecule has 4 aromatic carbocycles. The summed E-state index contributed by atoms with van der Waals surface area (Å²) in [6.45, 7) is -0.300. The molecule has 0 unspecified atom stereocenters. The first-order valence-corrected chi connectivity index (χ1v) is 14.0. The fourth-order valence-corrected chi connectivity index (χ4v) is 5.95. The first kappa shape index (κ1) is 29.8. The van der Waals surface area contributed by atoms with Gasteiger partial charge in [0.05, 0.1) is 33.4 Å². The fraction of sp³-hybridized carbons (Fsp3) is 0.314. The summed E-state index contributed by atoms with van der Waals surface area (Å²) in [5.41, 5.74) is 1.03. The molecule has 1 heterocycles. The summed E-state index contributed by atoms with van der Waals surface area (Å²) in [6.07, 6.45) is -1.39. The Morgan fingerprint density at radius 1 is 0.714 bits per heavy atom. The molecule has 1 aliphatic rings. The average Bonchev–Trinajstić information content (AvgIpc) is 3.32. The monoisotopic (exact) mass is 570 g/mol. The highest BCUT2D eigenvalue weighted by atomic mass is 16.7. The number of hydrogen-bond acceptors (Lipinski definition) is 7. The Morgan fingerprint density at radius 2 is 1.21 bits per heavy atom. The van der Waals surface area contributed by atoms with Crippen LogP contribution in [-0.2, 0) is 26.2 Å². The molecule has 0 bridgehead atoms. The molecule has 0 aliphatic carbocycles. The van der Waals surface area contributed by atoms with Gasteiger partial charge in [-0.05, 0) is 46.5 Å². The third kappa shape index (κ3) is 5.67. The van der Waals surface area contributed by atoms with E-state index >= 15 is 0 Å². The Labute approximate surface area is 247 Å². The molecular formula is C35H38O7. The zero-order chi connectivity index (χ0) is 29.6. The van der Waals surface area contributed by atoms with E-state index in [1.807, 2.05) is 109 Å². The summed E-state index contributed by atoms with van der Waals surface area (Å²) in [4.78, 5) is 0. The average molecular weight is 571 g/mol. The van der Waals surface area contributed by atoms with Crippen molar-refractivity contribution in [2.75, 3.05) is 34.5 Å². The third-order valence-electron chi connectivity index (χ3n) is 8.21. The van der Waals surface area contributed by atoms with Crippen molar-refractivity contribution < 1.29 is 33.9 Å². The van der Waals surface area contributed by atoms with Crippen molar-refractivity contribution in [3.8, 4) is 11.5 Å². The predicted octanol–water partition coefficient (Wildman–Crippen LogP) is 4.97. The highest BCUT2D eigenvalue weighted by Crippen LogP contribution is 2.45. The summed E-state index contributed by atoms with van der Waals surface area (Å²) in [5, 5.41) is 22.5. The quantitative estimate of drug-likeness (QED) is 0.233. The van der Waals surface area contributed by atoms with Gasteiger partial charge < -0.3 is 33.9 Å². The minimum atomic E-state index is -1.46. The topological polar surface area (TPSA) is 86.6 Å². The summed E-state index contributed by atoms with van der Waals surface area (Å²) in [6, 6.07) is 35.2. The lowest BCUT2D eigenvalue weighted by atomic mass is 9.78. The Balaban J connectivity index is 1.62.